The number of nitrogens with zero attached hydrogens (tertiary/aromatic N) is 3. The first-order chi connectivity index (χ1) is 13.2. The van der Waals surface area contributed by atoms with E-state index in [0.29, 0.717) is 11.5 Å². The largest absolute Gasteiger partial charge is 0.508 e. The van der Waals surface area contributed by atoms with Crippen LogP contribution in [0.2, 0.25) is 0 Å². The summed E-state index contributed by atoms with van der Waals surface area (Å²) in [7, 11) is 3.99. The Morgan fingerprint density at radius 3 is 2.32 bits per heavy atom. The maximum Gasteiger partial charge on any atom is 0.295 e. The molecule has 5 nitrogen and oxygen atoms in total. The molecule has 1 N–H and O–H groups in total. The molecule has 1 heterocycles. The lowest BCUT2D eigenvalue weighted by atomic mass is 9.98. The highest BCUT2D eigenvalue weighted by Crippen LogP contribution is 2.36. The lowest BCUT2D eigenvalue weighted by Gasteiger charge is -2.24. The molecule has 2 aromatic carbocycles. The number of aromatic hydroxyl groups is 1. The predicted octanol–water partition coefficient (Wildman–Crippen LogP) is 4.70. The highest BCUT2D eigenvalue weighted by Gasteiger charge is 2.30. The topological polar surface area (TPSA) is 56.1 Å². The Morgan fingerprint density at radius 1 is 1.11 bits per heavy atom. The molecule has 2 aromatic rings. The molecule has 0 aromatic heterocycles. The van der Waals surface area contributed by atoms with Gasteiger partial charge in [0.1, 0.15) is 17.3 Å². The van der Waals surface area contributed by atoms with Crippen molar-refractivity contribution in [1.82, 2.24) is 0 Å². The normalized spacial score (nSPS) is 15.5. The summed E-state index contributed by atoms with van der Waals surface area (Å²) in [5.41, 5.74) is 5.15. The number of phenols is 1. The molecule has 1 aliphatic heterocycles. The van der Waals surface area contributed by atoms with Gasteiger partial charge in [0, 0.05) is 19.8 Å². The molecule has 0 unspecified atom stereocenters. The number of amides is 1. The van der Waals surface area contributed by atoms with Crippen LogP contribution in [0.1, 0.15) is 43.4 Å². The Kier molecular flexibility index (Phi) is 5.27. The zero-order chi connectivity index (χ0) is 20.6. The third-order valence-electron chi connectivity index (χ3n) is 4.97. The molecule has 0 spiro atoms. The Hall–Kier alpha value is -3.08. The molecule has 0 bridgehead atoms. The van der Waals surface area contributed by atoms with Crippen LogP contribution in [0.3, 0.4) is 0 Å². The first kappa shape index (κ1) is 19.7. The van der Waals surface area contributed by atoms with E-state index >= 15 is 0 Å². The number of hydrogen-bond donors (Lipinski definition) is 1. The van der Waals surface area contributed by atoms with Crippen LogP contribution in [-0.2, 0) is 4.79 Å². The molecule has 5 heteroatoms. The van der Waals surface area contributed by atoms with Gasteiger partial charge in [-0.3, -0.25) is 9.69 Å². The molecule has 146 valence electrons. The van der Waals surface area contributed by atoms with E-state index in [-0.39, 0.29) is 17.6 Å². The molecular formula is C23H27N3O2. The third-order valence-corrected chi connectivity index (χ3v) is 4.97. The van der Waals surface area contributed by atoms with Crippen molar-refractivity contribution in [2.24, 2.45) is 4.99 Å². The van der Waals surface area contributed by atoms with Crippen LogP contribution in [0.5, 0.6) is 5.75 Å². The molecule has 0 fully saturated rings. The van der Waals surface area contributed by atoms with Gasteiger partial charge in [0.25, 0.3) is 5.91 Å². The van der Waals surface area contributed by atoms with E-state index in [1.807, 2.05) is 88.0 Å². The second kappa shape index (κ2) is 7.50. The van der Waals surface area contributed by atoms with Gasteiger partial charge in [-0.15, -0.1) is 0 Å². The van der Waals surface area contributed by atoms with Gasteiger partial charge in [0.15, 0.2) is 0 Å². The van der Waals surface area contributed by atoms with Gasteiger partial charge in [0.2, 0.25) is 0 Å². The van der Waals surface area contributed by atoms with Gasteiger partial charge < -0.3 is 10.0 Å². The standard InChI is InChI=1S/C23H27N3O2/c1-14(2)19-13-20(15(3)11-22(19)27)26-16(4)24-23(28)21(26)12-17-7-9-18(10-8-17)25(5)6/h7-14,27H,1-6H3. The second-order valence-electron chi connectivity index (χ2n) is 7.67. The Morgan fingerprint density at radius 2 is 1.75 bits per heavy atom. The van der Waals surface area contributed by atoms with Gasteiger partial charge in [-0.05, 0) is 66.8 Å². The van der Waals surface area contributed by atoms with Gasteiger partial charge in [-0.2, -0.15) is 4.99 Å². The van der Waals surface area contributed by atoms with Crippen LogP contribution in [-0.4, -0.2) is 30.9 Å². The number of aryl methyl sites for hydroxylation is 1. The maximum atomic E-state index is 12.6. The Balaban J connectivity index is 2.07. The molecule has 1 amide bonds. The minimum Gasteiger partial charge on any atom is -0.508 e. The number of anilines is 2. The zero-order valence-corrected chi connectivity index (χ0v) is 17.3. The van der Waals surface area contributed by atoms with Crippen LogP contribution < -0.4 is 9.80 Å². The predicted molar refractivity (Wildman–Crippen MR) is 116 cm³/mol. The lowest BCUT2D eigenvalue weighted by molar-refractivity contribution is -0.113. The van der Waals surface area contributed by atoms with Crippen molar-refractivity contribution in [2.45, 2.75) is 33.6 Å². The Labute approximate surface area is 166 Å². The van der Waals surface area contributed by atoms with Crippen molar-refractivity contribution in [1.29, 1.82) is 0 Å². The van der Waals surface area contributed by atoms with Crippen molar-refractivity contribution in [3.63, 3.8) is 0 Å². The molecule has 1 aliphatic rings. The van der Waals surface area contributed by atoms with E-state index < -0.39 is 0 Å². The SMILES string of the molecule is CC1=NC(=O)C(=Cc2ccc(N(C)C)cc2)N1c1cc(C(C)C)c(O)cc1C. The summed E-state index contributed by atoms with van der Waals surface area (Å²) in [6, 6.07) is 11.7. The van der Waals surface area contributed by atoms with Crippen molar-refractivity contribution < 1.29 is 9.90 Å². The minimum atomic E-state index is -0.257. The molecule has 0 radical (unpaired) electrons. The van der Waals surface area contributed by atoms with Gasteiger partial charge in [0.05, 0.1) is 5.69 Å². The molecular weight excluding hydrogens is 350 g/mol. The van der Waals surface area contributed by atoms with Gasteiger partial charge in [-0.25, -0.2) is 0 Å². The summed E-state index contributed by atoms with van der Waals surface area (Å²) in [5.74, 6) is 0.819. The van der Waals surface area contributed by atoms with Crippen molar-refractivity contribution >= 4 is 29.2 Å². The van der Waals surface area contributed by atoms with Crippen LogP contribution in [0.15, 0.2) is 47.1 Å². The first-order valence-electron chi connectivity index (χ1n) is 9.41. The number of amidine groups is 1. The Bertz CT molecular complexity index is 970. The number of carbonyl (C=O) groups excluding carboxylic acids is 1. The van der Waals surface area contributed by atoms with E-state index in [0.717, 1.165) is 28.1 Å². The number of carbonyl (C=O) groups is 1. The van der Waals surface area contributed by atoms with Crippen molar-refractivity contribution in [3.05, 3.63) is 58.8 Å². The summed E-state index contributed by atoms with van der Waals surface area (Å²) >= 11 is 0. The lowest BCUT2D eigenvalue weighted by Crippen LogP contribution is -2.25. The quantitative estimate of drug-likeness (QED) is 0.785. The molecule has 0 saturated heterocycles. The molecule has 3 rings (SSSR count). The van der Waals surface area contributed by atoms with Crippen LogP contribution >= 0.6 is 0 Å². The van der Waals surface area contributed by atoms with Crippen LogP contribution in [0.25, 0.3) is 6.08 Å². The second-order valence-corrected chi connectivity index (χ2v) is 7.67. The van der Waals surface area contributed by atoms with E-state index in [9.17, 15) is 9.90 Å². The minimum absolute atomic E-state index is 0.168. The van der Waals surface area contributed by atoms with Crippen LogP contribution in [0.4, 0.5) is 11.4 Å². The maximum absolute atomic E-state index is 12.6. The van der Waals surface area contributed by atoms with E-state index in [4.69, 9.17) is 0 Å². The summed E-state index contributed by atoms with van der Waals surface area (Å²) < 4.78 is 0. The van der Waals surface area contributed by atoms with Crippen molar-refractivity contribution in [2.75, 3.05) is 23.9 Å². The number of benzene rings is 2. The number of rotatable bonds is 4. The fourth-order valence-corrected chi connectivity index (χ4v) is 3.38. The molecule has 0 atom stereocenters. The third kappa shape index (κ3) is 3.65. The average molecular weight is 377 g/mol. The van der Waals surface area contributed by atoms with Gasteiger partial charge in [-0.1, -0.05) is 26.0 Å². The number of aliphatic imine (C=N–C) groups is 1. The summed E-state index contributed by atoms with van der Waals surface area (Å²) in [6.07, 6.45) is 1.86. The molecule has 0 saturated carbocycles. The fourth-order valence-electron chi connectivity index (χ4n) is 3.38. The summed E-state index contributed by atoms with van der Waals surface area (Å²) in [5, 5.41) is 10.3. The highest BCUT2D eigenvalue weighted by molar-refractivity contribution is 6.22. The van der Waals surface area contributed by atoms with E-state index in [1.54, 1.807) is 6.07 Å². The summed E-state index contributed by atoms with van der Waals surface area (Å²) in [6.45, 7) is 7.83. The van der Waals surface area contributed by atoms with Crippen molar-refractivity contribution in [3.8, 4) is 5.75 Å². The van der Waals surface area contributed by atoms with E-state index in [1.165, 1.54) is 0 Å². The van der Waals surface area contributed by atoms with E-state index in [2.05, 4.69) is 4.99 Å². The average Bonchev–Trinajstić information content (AvgIpc) is 2.89. The smallest absolute Gasteiger partial charge is 0.295 e. The molecule has 28 heavy (non-hydrogen) atoms. The number of phenolic OH excluding ortho intramolecular Hbond substituents is 1. The summed E-state index contributed by atoms with van der Waals surface area (Å²) in [4.78, 5) is 20.7. The first-order valence-corrected chi connectivity index (χ1v) is 9.41. The highest BCUT2D eigenvalue weighted by atomic mass is 16.3. The van der Waals surface area contributed by atoms with Crippen LogP contribution in [0, 0.1) is 6.92 Å². The molecule has 0 aliphatic carbocycles. The number of hydrogen-bond acceptors (Lipinski definition) is 4. The van der Waals surface area contributed by atoms with Gasteiger partial charge >= 0.3 is 0 Å². The fraction of sp³-hybridized carbons (Fsp3) is 0.304. The monoisotopic (exact) mass is 377 g/mol. The zero-order valence-electron chi connectivity index (χ0n) is 17.3.